The molecule has 0 N–H and O–H groups in total. The van der Waals surface area contributed by atoms with Crippen molar-refractivity contribution < 1.29 is 17.9 Å². The van der Waals surface area contributed by atoms with Crippen molar-refractivity contribution in [3.63, 3.8) is 0 Å². The molecule has 8 heteroatoms. The molecule has 2 aliphatic rings. The molecule has 1 amide bonds. The van der Waals surface area contributed by atoms with Crippen LogP contribution in [0.4, 0.5) is 0 Å². The number of sulfonamides is 1. The molecule has 0 saturated carbocycles. The fraction of sp³-hybridized carbons (Fsp3) is 0.611. The molecule has 26 heavy (non-hydrogen) atoms. The topological polar surface area (TPSA) is 66.9 Å². The minimum absolute atomic E-state index is 0.0135. The number of likely N-dealkylation sites (tertiary alicyclic amines) is 1. The standard InChI is InChI=1S/C18H25ClN2O4S/c1-26(23,24)21-11-7-15(8-12-21)25-17-6-5-14(13-16(17)19)18(22)20-9-3-2-4-10-20/h5-6,13,15H,2-4,7-12H2,1H3. The van der Waals surface area contributed by atoms with Gasteiger partial charge in [0.1, 0.15) is 11.9 Å². The molecule has 6 nitrogen and oxygen atoms in total. The molecule has 0 radical (unpaired) electrons. The molecule has 2 fully saturated rings. The number of hydrogen-bond donors (Lipinski definition) is 0. The number of halogens is 1. The summed E-state index contributed by atoms with van der Waals surface area (Å²) in [5.74, 6) is 0.555. The smallest absolute Gasteiger partial charge is 0.253 e. The van der Waals surface area contributed by atoms with Gasteiger partial charge >= 0.3 is 0 Å². The van der Waals surface area contributed by atoms with Gasteiger partial charge in [0, 0.05) is 31.7 Å². The Balaban J connectivity index is 1.61. The molecule has 1 aromatic rings. The highest BCUT2D eigenvalue weighted by Crippen LogP contribution is 2.29. The molecule has 3 rings (SSSR count). The molecule has 144 valence electrons. The summed E-state index contributed by atoms with van der Waals surface area (Å²) in [5.41, 5.74) is 0.580. The van der Waals surface area contributed by atoms with Crippen molar-refractivity contribution in [2.75, 3.05) is 32.4 Å². The number of hydrogen-bond acceptors (Lipinski definition) is 4. The Kier molecular flexibility index (Phi) is 6.10. The summed E-state index contributed by atoms with van der Waals surface area (Å²) in [7, 11) is -3.15. The first-order chi connectivity index (χ1) is 12.3. The van der Waals surface area contributed by atoms with E-state index in [4.69, 9.17) is 16.3 Å². The van der Waals surface area contributed by atoms with Crippen LogP contribution >= 0.6 is 11.6 Å². The van der Waals surface area contributed by atoms with E-state index in [1.807, 2.05) is 4.90 Å². The monoisotopic (exact) mass is 400 g/mol. The SMILES string of the molecule is CS(=O)(=O)N1CCC(Oc2ccc(C(=O)N3CCCCC3)cc2Cl)CC1. The van der Waals surface area contributed by atoms with Crippen LogP contribution in [0.3, 0.4) is 0 Å². The van der Waals surface area contributed by atoms with Gasteiger partial charge in [0.05, 0.1) is 11.3 Å². The molecule has 0 aliphatic carbocycles. The van der Waals surface area contributed by atoms with Gasteiger partial charge in [-0.15, -0.1) is 0 Å². The van der Waals surface area contributed by atoms with Crippen molar-refractivity contribution in [1.29, 1.82) is 0 Å². The van der Waals surface area contributed by atoms with E-state index in [0.717, 1.165) is 25.9 Å². The Morgan fingerprint density at radius 1 is 1.12 bits per heavy atom. The highest BCUT2D eigenvalue weighted by Gasteiger charge is 2.26. The molecule has 1 aromatic carbocycles. The van der Waals surface area contributed by atoms with Crippen LogP contribution in [-0.4, -0.2) is 62.1 Å². The Labute approximate surface area is 160 Å². The van der Waals surface area contributed by atoms with Crippen LogP contribution in [0.2, 0.25) is 5.02 Å². The molecule has 0 aromatic heterocycles. The van der Waals surface area contributed by atoms with E-state index in [1.165, 1.54) is 17.0 Å². The van der Waals surface area contributed by atoms with E-state index in [0.29, 0.717) is 42.3 Å². The lowest BCUT2D eigenvalue weighted by Gasteiger charge is -2.30. The largest absolute Gasteiger partial charge is 0.489 e. The Morgan fingerprint density at radius 3 is 2.35 bits per heavy atom. The minimum Gasteiger partial charge on any atom is -0.489 e. The van der Waals surface area contributed by atoms with Crippen molar-refractivity contribution in [1.82, 2.24) is 9.21 Å². The van der Waals surface area contributed by atoms with Crippen molar-refractivity contribution in [2.45, 2.75) is 38.2 Å². The number of carbonyl (C=O) groups is 1. The Morgan fingerprint density at radius 2 is 1.77 bits per heavy atom. The third-order valence-corrected chi connectivity index (χ3v) is 6.58. The summed E-state index contributed by atoms with van der Waals surface area (Å²) in [6, 6.07) is 5.16. The predicted octanol–water partition coefficient (Wildman–Crippen LogP) is 2.77. The van der Waals surface area contributed by atoms with Crippen molar-refractivity contribution >= 4 is 27.5 Å². The van der Waals surface area contributed by atoms with Gasteiger partial charge in [-0.3, -0.25) is 4.79 Å². The summed E-state index contributed by atoms with van der Waals surface area (Å²) in [5, 5.41) is 0.415. The maximum absolute atomic E-state index is 12.5. The fourth-order valence-electron chi connectivity index (χ4n) is 3.47. The summed E-state index contributed by atoms with van der Waals surface area (Å²) in [4.78, 5) is 14.4. The van der Waals surface area contributed by atoms with Crippen LogP contribution in [0.1, 0.15) is 42.5 Å². The lowest BCUT2D eigenvalue weighted by molar-refractivity contribution is 0.0724. The maximum Gasteiger partial charge on any atom is 0.253 e. The second kappa shape index (κ2) is 8.15. The van der Waals surface area contributed by atoms with E-state index < -0.39 is 10.0 Å². The van der Waals surface area contributed by atoms with E-state index >= 15 is 0 Å². The first kappa shape index (κ1) is 19.5. The van der Waals surface area contributed by atoms with E-state index in [2.05, 4.69) is 0 Å². The molecule has 2 heterocycles. The zero-order valence-corrected chi connectivity index (χ0v) is 16.6. The molecule has 0 spiro atoms. The van der Waals surface area contributed by atoms with Crippen LogP contribution in [-0.2, 0) is 10.0 Å². The quantitative estimate of drug-likeness (QED) is 0.779. The first-order valence-corrected chi connectivity index (χ1v) is 11.3. The fourth-order valence-corrected chi connectivity index (χ4v) is 4.57. The molecule has 2 saturated heterocycles. The summed E-state index contributed by atoms with van der Waals surface area (Å²) >= 11 is 6.33. The van der Waals surface area contributed by atoms with E-state index in [9.17, 15) is 13.2 Å². The average Bonchev–Trinajstić information content (AvgIpc) is 2.63. The molecule has 0 unspecified atom stereocenters. The lowest BCUT2D eigenvalue weighted by Crippen LogP contribution is -2.41. The van der Waals surface area contributed by atoms with Crippen LogP contribution in [0, 0.1) is 0 Å². The van der Waals surface area contributed by atoms with E-state index in [-0.39, 0.29) is 12.0 Å². The van der Waals surface area contributed by atoms with Gasteiger partial charge in [-0.1, -0.05) is 11.6 Å². The van der Waals surface area contributed by atoms with Gasteiger partial charge in [-0.2, -0.15) is 0 Å². The first-order valence-electron chi connectivity index (χ1n) is 9.05. The number of ether oxygens (including phenoxy) is 1. The number of rotatable bonds is 4. The predicted molar refractivity (Wildman–Crippen MR) is 101 cm³/mol. The summed E-state index contributed by atoms with van der Waals surface area (Å²) in [6.07, 6.45) is 5.67. The molecule has 2 aliphatic heterocycles. The molecular formula is C18H25ClN2O4S. The van der Waals surface area contributed by atoms with Crippen LogP contribution in [0.5, 0.6) is 5.75 Å². The van der Waals surface area contributed by atoms with Gasteiger partial charge in [0.2, 0.25) is 10.0 Å². The van der Waals surface area contributed by atoms with Crippen molar-refractivity contribution in [3.05, 3.63) is 28.8 Å². The van der Waals surface area contributed by atoms with Crippen LogP contribution in [0.15, 0.2) is 18.2 Å². The zero-order chi connectivity index (χ0) is 18.7. The third-order valence-electron chi connectivity index (χ3n) is 4.99. The van der Waals surface area contributed by atoms with Gasteiger partial charge < -0.3 is 9.64 Å². The van der Waals surface area contributed by atoms with E-state index in [1.54, 1.807) is 18.2 Å². The minimum atomic E-state index is -3.15. The number of amides is 1. The van der Waals surface area contributed by atoms with Crippen molar-refractivity contribution in [2.24, 2.45) is 0 Å². The zero-order valence-electron chi connectivity index (χ0n) is 15.0. The molecule has 0 atom stereocenters. The highest BCUT2D eigenvalue weighted by atomic mass is 35.5. The molecular weight excluding hydrogens is 376 g/mol. The number of nitrogens with zero attached hydrogens (tertiary/aromatic N) is 2. The normalized spacial score (nSPS) is 20.2. The summed E-state index contributed by atoms with van der Waals surface area (Å²) < 4.78 is 30.5. The number of carbonyl (C=O) groups excluding carboxylic acids is 1. The van der Waals surface area contributed by atoms with Gasteiger partial charge in [0.25, 0.3) is 5.91 Å². The summed E-state index contributed by atoms with van der Waals surface area (Å²) in [6.45, 7) is 2.50. The third kappa shape index (κ3) is 4.69. The number of benzene rings is 1. The highest BCUT2D eigenvalue weighted by molar-refractivity contribution is 7.88. The number of piperidine rings is 2. The second-order valence-electron chi connectivity index (χ2n) is 6.98. The van der Waals surface area contributed by atoms with Crippen LogP contribution < -0.4 is 4.74 Å². The Bertz CT molecular complexity index is 754. The Hall–Kier alpha value is -1.31. The second-order valence-corrected chi connectivity index (χ2v) is 9.37. The average molecular weight is 401 g/mol. The van der Waals surface area contributed by atoms with Gasteiger partial charge in [0.15, 0.2) is 0 Å². The maximum atomic E-state index is 12.5. The molecule has 0 bridgehead atoms. The lowest BCUT2D eigenvalue weighted by atomic mass is 10.1. The van der Waals surface area contributed by atoms with Gasteiger partial charge in [-0.25, -0.2) is 12.7 Å². The van der Waals surface area contributed by atoms with Crippen molar-refractivity contribution in [3.8, 4) is 5.75 Å². The van der Waals surface area contributed by atoms with Crippen LogP contribution in [0.25, 0.3) is 0 Å². The van der Waals surface area contributed by atoms with Gasteiger partial charge in [-0.05, 0) is 50.3 Å².